The first kappa shape index (κ1) is 42.6. The van der Waals surface area contributed by atoms with Gasteiger partial charge >= 0.3 is 0 Å². The predicted octanol–water partition coefficient (Wildman–Crippen LogP) is 15.0. The predicted molar refractivity (Wildman–Crippen MR) is 288 cm³/mol. The summed E-state index contributed by atoms with van der Waals surface area (Å²) in [6.45, 7) is 2.24. The van der Waals surface area contributed by atoms with Crippen molar-refractivity contribution < 1.29 is 0 Å². The van der Waals surface area contributed by atoms with Crippen molar-refractivity contribution in [3.8, 4) is 0 Å². The highest BCUT2D eigenvalue weighted by Crippen LogP contribution is 2.56. The summed E-state index contributed by atoms with van der Waals surface area (Å²) in [4.78, 5) is 13.8. The monoisotopic (exact) mass is 905 g/mol. The molecule has 5 nitrogen and oxygen atoms in total. The van der Waals surface area contributed by atoms with E-state index < -0.39 is 6.17 Å². The zero-order valence-corrected chi connectivity index (χ0v) is 39.8. The highest BCUT2D eigenvalue weighted by Gasteiger charge is 2.40. The third-order valence-corrected chi connectivity index (χ3v) is 16.5. The number of amidine groups is 2. The molecule has 0 spiro atoms. The molecule has 12 rings (SSSR count). The smallest absolute Gasteiger partial charge is 0.171 e. The Hall–Kier alpha value is -6.76. The zero-order chi connectivity index (χ0) is 45.6. The van der Waals surface area contributed by atoms with Crippen LogP contribution in [0.3, 0.4) is 0 Å². The second-order valence-corrected chi connectivity index (χ2v) is 20.5. The van der Waals surface area contributed by atoms with Crippen molar-refractivity contribution >= 4 is 54.6 Å². The van der Waals surface area contributed by atoms with E-state index in [0.717, 1.165) is 78.9 Å². The van der Waals surface area contributed by atoms with Gasteiger partial charge in [0.1, 0.15) is 11.7 Å². The van der Waals surface area contributed by atoms with Crippen molar-refractivity contribution in [3.63, 3.8) is 0 Å². The Morgan fingerprint density at radius 1 is 0.794 bits per heavy atom. The number of nitrogens with zero attached hydrogens (tertiary/aromatic N) is 3. The standard InChI is InChI=1S/C62H59N5S/c1-40(45-34-35-47(41-20-7-2-8-21-41)52(39-45)42-22-9-3-10-23-42)38-53(62-65-60(43-24-11-4-12-25-43)64-61(66-62)44-26-13-5-14-27-44)57(63)50-31-19-33-55-56(50)51-37-36-49-48-30-17-18-32-54(48)67(58(49)59(51)68-55)46-28-15-6-16-29-46/h2-7,9-13,15,19-20,22-26,31-39,46-48,52,62H,8,14,16-18,21,27-30,63H2,1H3,(H,64,65,66)/b40-38+,57-53+. The van der Waals surface area contributed by atoms with Gasteiger partial charge in [-0.3, -0.25) is 0 Å². The summed E-state index contributed by atoms with van der Waals surface area (Å²) in [7, 11) is 0. The average molecular weight is 906 g/mol. The lowest BCUT2D eigenvalue weighted by Gasteiger charge is -2.34. The fraction of sp³-hybridized carbons (Fsp3) is 0.258. The first-order chi connectivity index (χ1) is 33.6. The zero-order valence-electron chi connectivity index (χ0n) is 39.0. The van der Waals surface area contributed by atoms with Gasteiger partial charge in [-0.15, -0.1) is 11.3 Å². The van der Waals surface area contributed by atoms with Gasteiger partial charge in [-0.2, -0.15) is 0 Å². The summed E-state index contributed by atoms with van der Waals surface area (Å²) < 4.78 is 2.63. The van der Waals surface area contributed by atoms with Gasteiger partial charge in [-0.25, -0.2) is 9.98 Å². The van der Waals surface area contributed by atoms with E-state index in [1.807, 2.05) is 11.3 Å². The maximum atomic E-state index is 7.84. The Morgan fingerprint density at radius 2 is 1.62 bits per heavy atom. The third-order valence-electron chi connectivity index (χ3n) is 15.3. The lowest BCUT2D eigenvalue weighted by Crippen LogP contribution is -2.39. The summed E-state index contributed by atoms with van der Waals surface area (Å²) in [6, 6.07) is 33.5. The van der Waals surface area contributed by atoms with Gasteiger partial charge in [-0.1, -0.05) is 163 Å². The molecule has 68 heavy (non-hydrogen) atoms. The Bertz CT molecular complexity index is 3200. The average Bonchev–Trinajstić information content (AvgIpc) is 3.97. The lowest BCUT2D eigenvalue weighted by molar-refractivity contribution is 0.550. The summed E-state index contributed by atoms with van der Waals surface area (Å²) in [5.41, 5.74) is 22.3. The second kappa shape index (κ2) is 18.4. The van der Waals surface area contributed by atoms with E-state index in [0.29, 0.717) is 23.6 Å². The molecule has 0 amide bonds. The van der Waals surface area contributed by atoms with E-state index in [1.54, 1.807) is 0 Å². The van der Waals surface area contributed by atoms with Crippen LogP contribution in [0.4, 0.5) is 5.69 Å². The maximum absolute atomic E-state index is 7.84. The van der Waals surface area contributed by atoms with E-state index in [9.17, 15) is 0 Å². The summed E-state index contributed by atoms with van der Waals surface area (Å²) in [6.07, 6.45) is 40.8. The number of hydrogen-bond acceptors (Lipinski definition) is 6. The van der Waals surface area contributed by atoms with Crippen LogP contribution in [0, 0.1) is 5.92 Å². The molecule has 3 heterocycles. The highest BCUT2D eigenvalue weighted by molar-refractivity contribution is 7.26. The molecule has 5 unspecified atom stereocenters. The molecule has 338 valence electrons. The molecule has 5 aromatic rings. The minimum absolute atomic E-state index is 0.205. The van der Waals surface area contributed by atoms with E-state index >= 15 is 0 Å². The largest absolute Gasteiger partial charge is 0.398 e. The van der Waals surface area contributed by atoms with Crippen molar-refractivity contribution in [1.29, 1.82) is 0 Å². The Labute approximate surface area is 405 Å². The molecular formula is C62H59N5S. The lowest BCUT2D eigenvalue weighted by atomic mass is 9.74. The van der Waals surface area contributed by atoms with Gasteiger partial charge in [-0.05, 0) is 111 Å². The summed E-state index contributed by atoms with van der Waals surface area (Å²) in [5.74, 6) is 2.62. The molecule has 2 aliphatic heterocycles. The van der Waals surface area contributed by atoms with E-state index in [1.165, 1.54) is 78.7 Å². The molecule has 5 aliphatic carbocycles. The molecule has 0 radical (unpaired) electrons. The molecule has 0 fully saturated rings. The number of allylic oxidation sites excluding steroid dienone is 15. The number of anilines is 1. The van der Waals surface area contributed by atoms with Crippen LogP contribution < -0.4 is 16.0 Å². The Morgan fingerprint density at radius 3 is 2.41 bits per heavy atom. The van der Waals surface area contributed by atoms with Gasteiger partial charge in [0.25, 0.3) is 0 Å². The quantitative estimate of drug-likeness (QED) is 0.114. The van der Waals surface area contributed by atoms with Crippen molar-refractivity contribution in [2.75, 3.05) is 4.90 Å². The number of nitrogens with one attached hydrogen (secondary N) is 1. The normalized spacial score (nSPS) is 24.9. The molecule has 0 saturated carbocycles. The minimum Gasteiger partial charge on any atom is -0.398 e. The third kappa shape index (κ3) is 7.83. The summed E-state index contributed by atoms with van der Waals surface area (Å²) in [5, 5.41) is 6.17. The van der Waals surface area contributed by atoms with Crippen LogP contribution in [0.2, 0.25) is 0 Å². The van der Waals surface area contributed by atoms with Crippen LogP contribution in [-0.2, 0) is 0 Å². The molecule has 1 aromatic heterocycles. The molecule has 7 aliphatic rings. The highest BCUT2D eigenvalue weighted by atomic mass is 32.1. The Kier molecular flexibility index (Phi) is 11.5. The maximum Gasteiger partial charge on any atom is 0.171 e. The van der Waals surface area contributed by atoms with Crippen LogP contribution in [0.25, 0.3) is 25.9 Å². The molecule has 0 bridgehead atoms. The summed E-state index contributed by atoms with van der Waals surface area (Å²) >= 11 is 1.94. The fourth-order valence-electron chi connectivity index (χ4n) is 11.9. The van der Waals surface area contributed by atoms with Crippen LogP contribution in [0.5, 0.6) is 0 Å². The number of nitrogens with two attached hydrogens (primary N) is 1. The van der Waals surface area contributed by atoms with Gasteiger partial charge in [0.05, 0.1) is 10.4 Å². The fourth-order valence-corrected chi connectivity index (χ4v) is 13.1. The topological polar surface area (TPSA) is 66.0 Å². The van der Waals surface area contributed by atoms with Gasteiger partial charge in [0.15, 0.2) is 6.17 Å². The van der Waals surface area contributed by atoms with E-state index in [2.05, 4.69) is 187 Å². The molecule has 5 atom stereocenters. The van der Waals surface area contributed by atoms with Crippen LogP contribution in [0.15, 0.2) is 214 Å². The van der Waals surface area contributed by atoms with Gasteiger partial charge < -0.3 is 16.0 Å². The van der Waals surface area contributed by atoms with E-state index in [4.69, 9.17) is 15.7 Å². The minimum atomic E-state index is -0.595. The van der Waals surface area contributed by atoms with E-state index in [-0.39, 0.29) is 5.92 Å². The number of rotatable bonds is 9. The van der Waals surface area contributed by atoms with Crippen molar-refractivity contribution in [2.24, 2.45) is 21.6 Å². The molecular weight excluding hydrogens is 847 g/mol. The number of benzene rings is 4. The van der Waals surface area contributed by atoms with Crippen molar-refractivity contribution in [2.45, 2.75) is 95.2 Å². The second-order valence-electron chi connectivity index (χ2n) is 19.4. The number of aliphatic imine (C=N–C) groups is 2. The molecule has 3 N–H and O–H groups in total. The first-order valence-electron chi connectivity index (χ1n) is 25.0. The van der Waals surface area contributed by atoms with Gasteiger partial charge in [0.2, 0.25) is 0 Å². The van der Waals surface area contributed by atoms with Crippen LogP contribution in [-0.4, -0.2) is 23.9 Å². The van der Waals surface area contributed by atoms with Crippen molar-refractivity contribution in [1.82, 2.24) is 5.32 Å². The number of thiophene rings is 1. The van der Waals surface area contributed by atoms with Crippen molar-refractivity contribution in [3.05, 3.63) is 226 Å². The van der Waals surface area contributed by atoms with Crippen LogP contribution in [0.1, 0.15) is 105 Å². The van der Waals surface area contributed by atoms with Crippen LogP contribution >= 0.6 is 11.3 Å². The SMILES string of the molecule is C/C(=C\C(=C(/N)c1cccc2sc3c4c(ccc3c12)C1CCCC=C1N4C1CC=CCC1)C1N=C(C2=CC=CCC2)NC(c2ccccc2)=N1)C1=CC(c2ccccc2)C(C2=CC=CCC2)C=C1. The number of hydrogen-bond donors (Lipinski definition) is 2. The first-order valence-corrected chi connectivity index (χ1v) is 25.8. The molecule has 0 saturated heterocycles. The number of fused-ring (bicyclic) bond motifs is 7. The Balaban J connectivity index is 1.05. The molecule has 4 aromatic carbocycles. The molecule has 6 heteroatoms. The van der Waals surface area contributed by atoms with Gasteiger partial charge in [0, 0.05) is 67.4 Å².